The predicted molar refractivity (Wildman–Crippen MR) is 130 cm³/mol. The van der Waals surface area contributed by atoms with E-state index in [1.165, 1.54) is 4.31 Å². The predicted octanol–water partition coefficient (Wildman–Crippen LogP) is 1.48. The van der Waals surface area contributed by atoms with Crippen molar-refractivity contribution in [3.8, 4) is 0 Å². The van der Waals surface area contributed by atoms with Crippen LogP contribution in [0.2, 0.25) is 10.0 Å². The Bertz CT molecular complexity index is 1070. The largest absolute Gasteiger partial charge is 0.335 e. The highest BCUT2D eigenvalue weighted by Gasteiger charge is 2.36. The minimum Gasteiger partial charge on any atom is -0.335 e. The van der Waals surface area contributed by atoms with Crippen molar-refractivity contribution in [3.63, 3.8) is 0 Å². The maximum Gasteiger partial charge on any atom is 0.264 e. The molecule has 2 aliphatic heterocycles. The first kappa shape index (κ1) is 28.6. The van der Waals surface area contributed by atoms with Crippen LogP contribution in [0.3, 0.4) is 0 Å². The third-order valence-corrected chi connectivity index (χ3v) is 8.21. The number of nitrogens with zero attached hydrogens (tertiary/aromatic N) is 3. The number of hydrogen-bond donors (Lipinski definition) is 0. The summed E-state index contributed by atoms with van der Waals surface area (Å²) < 4.78 is 53.5. The molecule has 9 nitrogen and oxygen atoms in total. The standard InChI is InChI=1S/C19H27Cl2N3O6S2.ClH/c1-31(26,27)23-7-8-24(19(25)10-14-3-4-17(20)18(21)9-14)15(12-23)11-22-6-5-16(13-22)30-32(2,28)29;/h3-4,9,15-16H,5-8,10-13H2,1-2H3;1H. The van der Waals surface area contributed by atoms with Gasteiger partial charge >= 0.3 is 0 Å². The van der Waals surface area contributed by atoms with Gasteiger partial charge < -0.3 is 4.90 Å². The molecule has 0 spiro atoms. The molecule has 2 aliphatic rings. The van der Waals surface area contributed by atoms with Crippen LogP contribution in [0.25, 0.3) is 0 Å². The van der Waals surface area contributed by atoms with E-state index >= 15 is 0 Å². The van der Waals surface area contributed by atoms with Gasteiger partial charge in [0.1, 0.15) is 0 Å². The second-order valence-electron chi connectivity index (χ2n) is 8.26. The maximum absolute atomic E-state index is 13.1. The molecular formula is C19H28Cl3N3O6S2. The summed E-state index contributed by atoms with van der Waals surface area (Å²) in [7, 11) is -6.96. The van der Waals surface area contributed by atoms with Crippen molar-refractivity contribution in [2.24, 2.45) is 0 Å². The molecule has 0 aromatic heterocycles. The maximum atomic E-state index is 13.1. The van der Waals surface area contributed by atoms with Crippen molar-refractivity contribution >= 4 is 61.7 Å². The zero-order valence-electron chi connectivity index (χ0n) is 18.3. The van der Waals surface area contributed by atoms with Gasteiger partial charge in [0.25, 0.3) is 10.1 Å². The van der Waals surface area contributed by atoms with Gasteiger partial charge in [-0.1, -0.05) is 29.3 Å². The molecule has 0 saturated carbocycles. The molecule has 2 unspecified atom stereocenters. The lowest BCUT2D eigenvalue weighted by atomic mass is 10.1. The summed E-state index contributed by atoms with van der Waals surface area (Å²) in [6, 6.07) is 4.65. The average Bonchev–Trinajstić information content (AvgIpc) is 3.08. The van der Waals surface area contributed by atoms with Gasteiger partial charge in [-0.2, -0.15) is 12.7 Å². The number of hydrogen-bond acceptors (Lipinski definition) is 7. The van der Waals surface area contributed by atoms with Gasteiger partial charge in [-0.05, 0) is 24.1 Å². The number of carbonyl (C=O) groups excluding carboxylic acids is 1. The molecule has 14 heteroatoms. The molecule has 2 saturated heterocycles. The van der Waals surface area contributed by atoms with E-state index in [9.17, 15) is 21.6 Å². The van der Waals surface area contributed by atoms with E-state index in [1.54, 1.807) is 23.1 Å². The fourth-order valence-corrected chi connectivity index (χ4v) is 5.95. The summed E-state index contributed by atoms with van der Waals surface area (Å²) in [5, 5.41) is 0.770. The summed E-state index contributed by atoms with van der Waals surface area (Å²) >= 11 is 12.0. The third-order valence-electron chi connectivity index (χ3n) is 5.58. The molecule has 0 N–H and O–H groups in total. The highest BCUT2D eigenvalue weighted by atomic mass is 35.5. The Morgan fingerprint density at radius 2 is 1.76 bits per heavy atom. The van der Waals surface area contributed by atoms with E-state index in [0.29, 0.717) is 36.1 Å². The summed E-state index contributed by atoms with van der Waals surface area (Å²) in [5.74, 6) is -0.135. The van der Waals surface area contributed by atoms with Gasteiger partial charge in [0.2, 0.25) is 15.9 Å². The summed E-state index contributed by atoms with van der Waals surface area (Å²) in [6.45, 7) is 2.10. The van der Waals surface area contributed by atoms with Crippen molar-refractivity contribution in [2.75, 3.05) is 51.8 Å². The van der Waals surface area contributed by atoms with E-state index in [2.05, 4.69) is 0 Å². The number of piperazine rings is 1. The fraction of sp³-hybridized carbons (Fsp3) is 0.632. The Hall–Kier alpha value is -0.660. The lowest BCUT2D eigenvalue weighted by Gasteiger charge is -2.42. The lowest BCUT2D eigenvalue weighted by molar-refractivity contribution is -0.135. The first-order valence-corrected chi connectivity index (χ1v) is 14.5. The van der Waals surface area contributed by atoms with Crippen LogP contribution < -0.4 is 0 Å². The van der Waals surface area contributed by atoms with Crippen LogP contribution >= 0.6 is 35.6 Å². The molecular weight excluding hydrogens is 537 g/mol. The van der Waals surface area contributed by atoms with E-state index in [-0.39, 0.29) is 50.4 Å². The molecule has 188 valence electrons. The van der Waals surface area contributed by atoms with Crippen molar-refractivity contribution in [3.05, 3.63) is 33.8 Å². The number of carbonyl (C=O) groups is 1. The Morgan fingerprint density at radius 1 is 1.06 bits per heavy atom. The first-order valence-electron chi connectivity index (χ1n) is 10.1. The molecule has 2 atom stereocenters. The van der Waals surface area contributed by atoms with E-state index in [0.717, 1.165) is 18.1 Å². The van der Waals surface area contributed by atoms with Gasteiger partial charge in [0.05, 0.1) is 41.1 Å². The van der Waals surface area contributed by atoms with Crippen LogP contribution in [-0.4, -0.2) is 101 Å². The zero-order chi connectivity index (χ0) is 23.7. The highest BCUT2D eigenvalue weighted by Crippen LogP contribution is 2.24. The summed E-state index contributed by atoms with van der Waals surface area (Å²) in [5.41, 5.74) is 0.719. The van der Waals surface area contributed by atoms with E-state index in [4.69, 9.17) is 27.4 Å². The molecule has 0 aliphatic carbocycles. The molecule has 2 heterocycles. The molecule has 3 rings (SSSR count). The minimum atomic E-state index is -3.56. The monoisotopic (exact) mass is 563 g/mol. The van der Waals surface area contributed by atoms with Crippen molar-refractivity contribution in [2.45, 2.75) is 25.0 Å². The van der Waals surface area contributed by atoms with Gasteiger partial charge in [-0.3, -0.25) is 13.9 Å². The second-order valence-corrected chi connectivity index (χ2v) is 12.7. The molecule has 0 bridgehead atoms. The Labute approximate surface area is 211 Å². The Kier molecular flexibility index (Phi) is 9.86. The van der Waals surface area contributed by atoms with E-state index < -0.39 is 26.2 Å². The molecule has 2 fully saturated rings. The number of rotatable bonds is 7. The third kappa shape index (κ3) is 8.21. The SMILES string of the molecule is CS(=O)(=O)OC1CCN(CC2CN(S(C)(=O)=O)CCN2C(=O)Cc2ccc(Cl)c(Cl)c2)C1.Cl. The van der Waals surface area contributed by atoms with Crippen LogP contribution in [0.4, 0.5) is 0 Å². The van der Waals surface area contributed by atoms with Crippen LogP contribution in [0.1, 0.15) is 12.0 Å². The lowest BCUT2D eigenvalue weighted by Crippen LogP contribution is -2.59. The van der Waals surface area contributed by atoms with Crippen LogP contribution in [-0.2, 0) is 35.5 Å². The quantitative estimate of drug-likeness (QED) is 0.462. The van der Waals surface area contributed by atoms with Crippen molar-refractivity contribution in [1.29, 1.82) is 0 Å². The van der Waals surface area contributed by atoms with Crippen LogP contribution in [0, 0.1) is 0 Å². The minimum absolute atomic E-state index is 0. The normalized spacial score (nSPS) is 22.8. The molecule has 33 heavy (non-hydrogen) atoms. The van der Waals surface area contributed by atoms with Crippen LogP contribution in [0.5, 0.6) is 0 Å². The highest BCUT2D eigenvalue weighted by molar-refractivity contribution is 7.88. The smallest absolute Gasteiger partial charge is 0.264 e. The Balaban J connectivity index is 0.00000385. The first-order chi connectivity index (χ1) is 14.8. The fourth-order valence-electron chi connectivity index (χ4n) is 4.13. The van der Waals surface area contributed by atoms with Gasteiger partial charge in [0.15, 0.2) is 0 Å². The summed E-state index contributed by atoms with van der Waals surface area (Å²) in [6.07, 6.45) is 2.39. The number of sulfonamides is 1. The zero-order valence-corrected chi connectivity index (χ0v) is 22.3. The number of likely N-dealkylation sites (tertiary alicyclic amines) is 1. The number of benzene rings is 1. The number of amides is 1. The van der Waals surface area contributed by atoms with Gasteiger partial charge in [-0.25, -0.2) is 8.42 Å². The summed E-state index contributed by atoms with van der Waals surface area (Å²) in [4.78, 5) is 16.8. The average molecular weight is 565 g/mol. The topological polar surface area (TPSA) is 104 Å². The molecule has 1 aromatic rings. The molecule has 1 aromatic carbocycles. The van der Waals surface area contributed by atoms with Gasteiger partial charge in [-0.15, -0.1) is 12.4 Å². The number of halogens is 3. The van der Waals surface area contributed by atoms with Crippen molar-refractivity contribution < 1.29 is 25.8 Å². The molecule has 0 radical (unpaired) electrons. The van der Waals surface area contributed by atoms with Crippen molar-refractivity contribution in [1.82, 2.24) is 14.1 Å². The second kappa shape index (κ2) is 11.4. The van der Waals surface area contributed by atoms with Crippen LogP contribution in [0.15, 0.2) is 18.2 Å². The van der Waals surface area contributed by atoms with E-state index in [1.807, 2.05) is 4.90 Å². The van der Waals surface area contributed by atoms with Gasteiger partial charge in [0, 0.05) is 39.3 Å². The Morgan fingerprint density at radius 3 is 2.36 bits per heavy atom. The molecule has 1 amide bonds.